The van der Waals surface area contributed by atoms with Crippen LogP contribution in [0.5, 0.6) is 0 Å². The Hall–Kier alpha value is -0.760. The van der Waals surface area contributed by atoms with E-state index in [0.717, 1.165) is 18.0 Å². The number of hydrogen-bond acceptors (Lipinski definition) is 2. The lowest BCUT2D eigenvalue weighted by molar-refractivity contribution is 0.527. The van der Waals surface area contributed by atoms with Crippen molar-refractivity contribution in [3.05, 3.63) is 23.5 Å². The van der Waals surface area contributed by atoms with Crippen LogP contribution in [0.15, 0.2) is 18.3 Å². The summed E-state index contributed by atoms with van der Waals surface area (Å²) in [7, 11) is 0. The molecule has 1 heterocycles. The van der Waals surface area contributed by atoms with Crippen molar-refractivity contribution in [1.29, 1.82) is 0 Å². The number of aromatic nitrogens is 1. The van der Waals surface area contributed by atoms with Crippen molar-refractivity contribution in [1.82, 2.24) is 4.98 Å². The number of rotatable bonds is 5. The van der Waals surface area contributed by atoms with E-state index in [1.807, 2.05) is 12.1 Å². The van der Waals surface area contributed by atoms with Gasteiger partial charge in [0.15, 0.2) is 5.15 Å². The molecule has 1 aromatic rings. The highest BCUT2D eigenvalue weighted by molar-refractivity contribution is 6.31. The molecule has 84 valence electrons. The Balaban J connectivity index is 2.44. The Bertz CT molecular complexity index is 299. The predicted octanol–water partition coefficient (Wildman–Crippen LogP) is 3.97. The lowest BCUT2D eigenvalue weighted by atomic mass is 10.0. The first-order chi connectivity index (χ1) is 7.09. The highest BCUT2D eigenvalue weighted by Gasteiger charge is 2.06. The van der Waals surface area contributed by atoms with Crippen molar-refractivity contribution in [3.63, 3.8) is 0 Å². The van der Waals surface area contributed by atoms with Gasteiger partial charge in [0.1, 0.15) is 0 Å². The molecule has 0 saturated carbocycles. The van der Waals surface area contributed by atoms with Crippen LogP contribution in [-0.2, 0) is 0 Å². The van der Waals surface area contributed by atoms with E-state index in [4.69, 9.17) is 11.6 Å². The van der Waals surface area contributed by atoms with Crippen LogP contribution in [0.1, 0.15) is 33.6 Å². The van der Waals surface area contributed by atoms with E-state index in [9.17, 15) is 0 Å². The van der Waals surface area contributed by atoms with E-state index in [1.54, 1.807) is 6.20 Å². The molecule has 1 rings (SSSR count). The quantitative estimate of drug-likeness (QED) is 0.769. The fourth-order valence-electron chi connectivity index (χ4n) is 1.41. The van der Waals surface area contributed by atoms with Gasteiger partial charge in [0.05, 0.1) is 5.69 Å². The van der Waals surface area contributed by atoms with E-state index in [0.29, 0.717) is 11.2 Å². The minimum Gasteiger partial charge on any atom is -0.380 e. The van der Waals surface area contributed by atoms with E-state index < -0.39 is 0 Å². The highest BCUT2D eigenvalue weighted by atomic mass is 35.5. The summed E-state index contributed by atoms with van der Waals surface area (Å²) in [6.45, 7) is 6.65. The van der Waals surface area contributed by atoms with Gasteiger partial charge in [-0.25, -0.2) is 4.98 Å². The number of pyridine rings is 1. The average molecular weight is 227 g/mol. The van der Waals surface area contributed by atoms with Gasteiger partial charge >= 0.3 is 0 Å². The van der Waals surface area contributed by atoms with E-state index in [-0.39, 0.29) is 0 Å². The van der Waals surface area contributed by atoms with Crippen molar-refractivity contribution in [2.75, 3.05) is 5.32 Å². The van der Waals surface area contributed by atoms with Gasteiger partial charge in [-0.1, -0.05) is 25.4 Å². The summed E-state index contributed by atoms with van der Waals surface area (Å²) < 4.78 is 0. The van der Waals surface area contributed by atoms with Crippen LogP contribution in [0, 0.1) is 5.92 Å². The molecule has 1 N–H and O–H groups in total. The second-order valence-electron chi connectivity index (χ2n) is 4.36. The molecule has 1 unspecified atom stereocenters. The minimum atomic E-state index is 0.439. The van der Waals surface area contributed by atoms with Crippen LogP contribution >= 0.6 is 11.6 Å². The van der Waals surface area contributed by atoms with Gasteiger partial charge in [-0.2, -0.15) is 0 Å². The van der Waals surface area contributed by atoms with Gasteiger partial charge in [0.2, 0.25) is 0 Å². The molecule has 1 atom stereocenters. The van der Waals surface area contributed by atoms with Crippen LogP contribution in [0.2, 0.25) is 5.15 Å². The first-order valence-electron chi connectivity index (χ1n) is 5.46. The molecule has 0 radical (unpaired) electrons. The standard InChI is InChI=1S/C12H19ClN2/c1-9(2)6-7-10(3)15-11-5-4-8-14-12(11)13/h4-5,8-10,15H,6-7H2,1-3H3. The van der Waals surface area contributed by atoms with Gasteiger partial charge in [-0.15, -0.1) is 0 Å². The van der Waals surface area contributed by atoms with Crippen LogP contribution in [0.4, 0.5) is 5.69 Å². The third kappa shape index (κ3) is 4.52. The molecule has 0 saturated heterocycles. The molecule has 0 aromatic carbocycles. The molecule has 1 aromatic heterocycles. The molecule has 0 aliphatic carbocycles. The molecule has 0 aliphatic heterocycles. The smallest absolute Gasteiger partial charge is 0.152 e. The van der Waals surface area contributed by atoms with Crippen molar-refractivity contribution in [3.8, 4) is 0 Å². The molecule has 0 fully saturated rings. The first-order valence-corrected chi connectivity index (χ1v) is 5.84. The maximum atomic E-state index is 5.96. The molecular weight excluding hydrogens is 208 g/mol. The van der Waals surface area contributed by atoms with Crippen LogP contribution < -0.4 is 5.32 Å². The molecule has 0 amide bonds. The van der Waals surface area contributed by atoms with E-state index in [1.165, 1.54) is 6.42 Å². The SMILES string of the molecule is CC(C)CCC(C)Nc1cccnc1Cl. The third-order valence-corrected chi connectivity index (χ3v) is 2.64. The largest absolute Gasteiger partial charge is 0.380 e. The van der Waals surface area contributed by atoms with Gasteiger partial charge in [-0.05, 0) is 37.8 Å². The summed E-state index contributed by atoms with van der Waals surface area (Å²) in [5.41, 5.74) is 0.926. The lowest BCUT2D eigenvalue weighted by Gasteiger charge is -2.16. The Morgan fingerprint density at radius 3 is 2.67 bits per heavy atom. The predicted molar refractivity (Wildman–Crippen MR) is 66.4 cm³/mol. The van der Waals surface area contributed by atoms with Crippen LogP contribution in [0.25, 0.3) is 0 Å². The maximum absolute atomic E-state index is 5.96. The van der Waals surface area contributed by atoms with Gasteiger partial charge in [-0.3, -0.25) is 0 Å². The number of hydrogen-bond donors (Lipinski definition) is 1. The molecule has 0 spiro atoms. The zero-order valence-corrected chi connectivity index (χ0v) is 10.4. The van der Waals surface area contributed by atoms with E-state index >= 15 is 0 Å². The van der Waals surface area contributed by atoms with E-state index in [2.05, 4.69) is 31.1 Å². The topological polar surface area (TPSA) is 24.9 Å². The third-order valence-electron chi connectivity index (χ3n) is 2.34. The summed E-state index contributed by atoms with van der Waals surface area (Å²) in [5, 5.41) is 3.92. The van der Waals surface area contributed by atoms with Crippen molar-refractivity contribution in [2.24, 2.45) is 5.92 Å². The summed E-state index contributed by atoms with van der Waals surface area (Å²) in [5.74, 6) is 0.749. The molecule has 3 heteroatoms. The fourth-order valence-corrected chi connectivity index (χ4v) is 1.59. The number of halogens is 1. The zero-order chi connectivity index (χ0) is 11.3. The van der Waals surface area contributed by atoms with Gasteiger partial charge in [0.25, 0.3) is 0 Å². The Morgan fingerprint density at radius 2 is 2.07 bits per heavy atom. The molecule has 0 aliphatic rings. The number of nitrogens with zero attached hydrogens (tertiary/aromatic N) is 1. The summed E-state index contributed by atoms with van der Waals surface area (Å²) >= 11 is 5.96. The van der Waals surface area contributed by atoms with Gasteiger partial charge < -0.3 is 5.32 Å². The molecule has 15 heavy (non-hydrogen) atoms. The lowest BCUT2D eigenvalue weighted by Crippen LogP contribution is -2.16. The number of nitrogens with one attached hydrogen (secondary N) is 1. The zero-order valence-electron chi connectivity index (χ0n) is 9.63. The Labute approximate surface area is 97.1 Å². The average Bonchev–Trinajstić information content (AvgIpc) is 2.18. The summed E-state index contributed by atoms with van der Waals surface area (Å²) in [6, 6.07) is 4.29. The van der Waals surface area contributed by atoms with Crippen molar-refractivity contribution in [2.45, 2.75) is 39.7 Å². The molecule has 2 nitrogen and oxygen atoms in total. The minimum absolute atomic E-state index is 0.439. The number of anilines is 1. The Kier molecular flexibility index (Phi) is 4.89. The molecule has 0 bridgehead atoms. The maximum Gasteiger partial charge on any atom is 0.152 e. The Morgan fingerprint density at radius 1 is 1.33 bits per heavy atom. The van der Waals surface area contributed by atoms with Gasteiger partial charge in [0, 0.05) is 12.2 Å². The first kappa shape index (κ1) is 12.3. The fraction of sp³-hybridized carbons (Fsp3) is 0.583. The molecular formula is C12H19ClN2. The van der Waals surface area contributed by atoms with Crippen molar-refractivity contribution >= 4 is 17.3 Å². The normalized spacial score (nSPS) is 12.9. The summed E-state index contributed by atoms with van der Waals surface area (Å²) in [4.78, 5) is 4.03. The second kappa shape index (κ2) is 5.96. The second-order valence-corrected chi connectivity index (χ2v) is 4.72. The van der Waals surface area contributed by atoms with Crippen LogP contribution in [0.3, 0.4) is 0 Å². The summed E-state index contributed by atoms with van der Waals surface area (Å²) in [6.07, 6.45) is 4.08. The monoisotopic (exact) mass is 226 g/mol. The van der Waals surface area contributed by atoms with Crippen molar-refractivity contribution < 1.29 is 0 Å². The van der Waals surface area contributed by atoms with Crippen LogP contribution in [-0.4, -0.2) is 11.0 Å². The highest BCUT2D eigenvalue weighted by Crippen LogP contribution is 2.19.